The van der Waals surface area contributed by atoms with Gasteiger partial charge in [0.1, 0.15) is 13.2 Å². The number of carbonyl (C=O) groups is 1. The Balaban J connectivity index is 1.46. The molecule has 1 N–H and O–H groups in total. The van der Waals surface area contributed by atoms with Gasteiger partial charge in [0.2, 0.25) is 5.91 Å². The monoisotopic (exact) mass is 370 g/mol. The largest absolute Gasteiger partial charge is 0.486 e. The zero-order valence-corrected chi connectivity index (χ0v) is 14.7. The number of hydrogen-bond donors (Lipinski definition) is 1. The Hall–Kier alpha value is -2.64. The van der Waals surface area contributed by atoms with E-state index >= 15 is 0 Å². The van der Waals surface area contributed by atoms with Crippen molar-refractivity contribution in [1.29, 1.82) is 0 Å². The average Bonchev–Trinajstić information content (AvgIpc) is 3.31. The van der Waals surface area contributed by atoms with E-state index in [1.807, 2.05) is 41.1 Å². The number of ether oxygens (including phenoxy) is 2. The molecule has 0 fully saturated rings. The van der Waals surface area contributed by atoms with Gasteiger partial charge in [-0.15, -0.1) is 22.7 Å². The molecule has 0 aliphatic carbocycles. The molecule has 0 spiro atoms. The van der Waals surface area contributed by atoms with Crippen LogP contribution in [-0.4, -0.2) is 24.1 Å². The normalized spacial score (nSPS) is 13.1. The molecule has 1 aliphatic heterocycles. The van der Waals surface area contributed by atoms with Gasteiger partial charge in [0.05, 0.1) is 5.69 Å². The van der Waals surface area contributed by atoms with Gasteiger partial charge in [-0.2, -0.15) is 0 Å². The highest BCUT2D eigenvalue weighted by Gasteiger charge is 2.14. The number of nitrogens with zero attached hydrogens (tertiary/aromatic N) is 1. The molecule has 7 heteroatoms. The molecule has 126 valence electrons. The first-order valence-electron chi connectivity index (χ1n) is 7.66. The molecule has 4 rings (SSSR count). The summed E-state index contributed by atoms with van der Waals surface area (Å²) >= 11 is 2.97. The predicted octanol–water partition coefficient (Wildman–Crippen LogP) is 4.29. The summed E-state index contributed by atoms with van der Waals surface area (Å²) in [4.78, 5) is 17.5. The van der Waals surface area contributed by atoms with Crippen LogP contribution >= 0.6 is 22.7 Å². The Labute approximate surface area is 152 Å². The second kappa shape index (κ2) is 7.08. The molecule has 1 aliphatic rings. The van der Waals surface area contributed by atoms with E-state index in [1.165, 1.54) is 17.4 Å². The van der Waals surface area contributed by atoms with E-state index in [-0.39, 0.29) is 5.91 Å². The van der Waals surface area contributed by atoms with E-state index in [4.69, 9.17) is 9.47 Å². The van der Waals surface area contributed by atoms with Crippen LogP contribution in [0, 0.1) is 0 Å². The van der Waals surface area contributed by atoms with Crippen molar-refractivity contribution >= 4 is 39.8 Å². The van der Waals surface area contributed by atoms with E-state index in [1.54, 1.807) is 17.4 Å². The van der Waals surface area contributed by atoms with Crippen LogP contribution in [0.4, 0.5) is 5.13 Å². The van der Waals surface area contributed by atoms with Crippen LogP contribution < -0.4 is 14.8 Å². The van der Waals surface area contributed by atoms with Crippen molar-refractivity contribution in [2.45, 2.75) is 0 Å². The van der Waals surface area contributed by atoms with Gasteiger partial charge in [-0.3, -0.25) is 10.1 Å². The van der Waals surface area contributed by atoms with E-state index in [0.717, 1.165) is 27.6 Å². The Morgan fingerprint density at radius 1 is 1.16 bits per heavy atom. The van der Waals surface area contributed by atoms with Gasteiger partial charge in [0.25, 0.3) is 0 Å². The summed E-state index contributed by atoms with van der Waals surface area (Å²) in [7, 11) is 0. The summed E-state index contributed by atoms with van der Waals surface area (Å²) in [6.45, 7) is 1.11. The molecular formula is C18H14N2O3S2. The quantitative estimate of drug-likeness (QED) is 0.696. The van der Waals surface area contributed by atoms with Crippen LogP contribution in [0.15, 0.2) is 47.2 Å². The lowest BCUT2D eigenvalue weighted by molar-refractivity contribution is -0.111. The molecule has 0 atom stereocenters. The number of fused-ring (bicyclic) bond motifs is 1. The standard InChI is InChI=1S/C18H14N2O3S2/c21-17(6-4-13-2-1-9-24-13)20-18-19-14(11-25-18)12-3-5-15-16(10-12)23-8-7-22-15/h1-6,9-11H,7-8H2,(H,19,20,21)/b6-4+. The third-order valence-electron chi connectivity index (χ3n) is 3.51. The third-order valence-corrected chi connectivity index (χ3v) is 5.11. The number of benzene rings is 1. The number of hydrogen-bond acceptors (Lipinski definition) is 6. The van der Waals surface area contributed by atoms with E-state index in [9.17, 15) is 4.79 Å². The molecule has 3 heterocycles. The smallest absolute Gasteiger partial charge is 0.250 e. The van der Waals surface area contributed by atoms with Crippen LogP contribution in [0.25, 0.3) is 17.3 Å². The molecule has 0 bridgehead atoms. The van der Waals surface area contributed by atoms with Crippen LogP contribution in [0.2, 0.25) is 0 Å². The van der Waals surface area contributed by atoms with Gasteiger partial charge < -0.3 is 9.47 Å². The number of carbonyl (C=O) groups excluding carboxylic acids is 1. The lowest BCUT2D eigenvalue weighted by Gasteiger charge is -2.18. The summed E-state index contributed by atoms with van der Waals surface area (Å²) in [5, 5.41) is 7.23. The van der Waals surface area contributed by atoms with Crippen molar-refractivity contribution in [1.82, 2.24) is 4.98 Å². The van der Waals surface area contributed by atoms with E-state index in [0.29, 0.717) is 18.3 Å². The molecule has 1 aromatic carbocycles. The number of thiophene rings is 1. The van der Waals surface area contributed by atoms with Crippen LogP contribution in [0.5, 0.6) is 11.5 Å². The van der Waals surface area contributed by atoms with Crippen molar-refractivity contribution < 1.29 is 14.3 Å². The van der Waals surface area contributed by atoms with Crippen LogP contribution in [-0.2, 0) is 4.79 Å². The maximum absolute atomic E-state index is 12.0. The highest BCUT2D eigenvalue weighted by molar-refractivity contribution is 7.14. The van der Waals surface area contributed by atoms with Gasteiger partial charge in [0.15, 0.2) is 16.6 Å². The number of thiazole rings is 1. The molecule has 25 heavy (non-hydrogen) atoms. The summed E-state index contributed by atoms with van der Waals surface area (Å²) in [5.74, 6) is 1.27. The van der Waals surface area contributed by atoms with Gasteiger partial charge >= 0.3 is 0 Å². The first-order chi connectivity index (χ1) is 12.3. The highest BCUT2D eigenvalue weighted by Crippen LogP contribution is 2.35. The highest BCUT2D eigenvalue weighted by atomic mass is 32.1. The van der Waals surface area contributed by atoms with Crippen molar-refractivity contribution in [2.75, 3.05) is 18.5 Å². The Bertz CT molecular complexity index is 916. The van der Waals surface area contributed by atoms with Crippen molar-refractivity contribution in [3.8, 4) is 22.8 Å². The van der Waals surface area contributed by atoms with Crippen molar-refractivity contribution in [2.24, 2.45) is 0 Å². The summed E-state index contributed by atoms with van der Waals surface area (Å²) in [5.41, 5.74) is 1.72. The molecule has 0 saturated carbocycles. The maximum atomic E-state index is 12.0. The van der Waals surface area contributed by atoms with Gasteiger partial charge in [-0.05, 0) is 35.7 Å². The fraction of sp³-hybridized carbons (Fsp3) is 0.111. The fourth-order valence-corrected chi connectivity index (χ4v) is 3.70. The average molecular weight is 370 g/mol. The second-order valence-electron chi connectivity index (χ2n) is 5.23. The van der Waals surface area contributed by atoms with Crippen molar-refractivity contribution in [3.63, 3.8) is 0 Å². The minimum atomic E-state index is -0.198. The maximum Gasteiger partial charge on any atom is 0.250 e. The van der Waals surface area contributed by atoms with Gasteiger partial charge in [-0.1, -0.05) is 6.07 Å². The van der Waals surface area contributed by atoms with Gasteiger partial charge in [-0.25, -0.2) is 4.98 Å². The third kappa shape index (κ3) is 3.72. The first-order valence-corrected chi connectivity index (χ1v) is 9.42. The van der Waals surface area contributed by atoms with Crippen molar-refractivity contribution in [3.05, 3.63) is 52.0 Å². The Kier molecular flexibility index (Phi) is 4.49. The molecule has 3 aromatic rings. The molecular weight excluding hydrogens is 356 g/mol. The molecule has 0 radical (unpaired) electrons. The molecule has 2 aromatic heterocycles. The lowest BCUT2D eigenvalue weighted by Crippen LogP contribution is -2.15. The minimum absolute atomic E-state index is 0.198. The lowest BCUT2D eigenvalue weighted by atomic mass is 10.1. The van der Waals surface area contributed by atoms with Crippen LogP contribution in [0.3, 0.4) is 0 Å². The summed E-state index contributed by atoms with van der Waals surface area (Å²) in [6, 6.07) is 9.63. The number of rotatable bonds is 4. The number of anilines is 1. The first kappa shape index (κ1) is 15.9. The zero-order valence-electron chi connectivity index (χ0n) is 13.1. The fourth-order valence-electron chi connectivity index (χ4n) is 2.36. The Morgan fingerprint density at radius 3 is 2.88 bits per heavy atom. The van der Waals surface area contributed by atoms with Crippen LogP contribution in [0.1, 0.15) is 4.88 Å². The number of amides is 1. The van der Waals surface area contributed by atoms with E-state index in [2.05, 4.69) is 10.3 Å². The molecule has 0 unspecified atom stereocenters. The number of aromatic nitrogens is 1. The Morgan fingerprint density at radius 2 is 2.04 bits per heavy atom. The molecule has 0 saturated heterocycles. The van der Waals surface area contributed by atoms with Gasteiger partial charge in [0, 0.05) is 21.9 Å². The topological polar surface area (TPSA) is 60.5 Å². The summed E-state index contributed by atoms with van der Waals surface area (Å²) in [6.07, 6.45) is 3.30. The SMILES string of the molecule is O=C(/C=C/c1cccs1)Nc1nc(-c2ccc3c(c2)OCCO3)cs1. The predicted molar refractivity (Wildman–Crippen MR) is 101 cm³/mol. The van der Waals surface area contributed by atoms with E-state index < -0.39 is 0 Å². The molecule has 1 amide bonds. The number of nitrogens with one attached hydrogen (secondary N) is 1. The summed E-state index contributed by atoms with van der Waals surface area (Å²) < 4.78 is 11.1. The second-order valence-corrected chi connectivity index (χ2v) is 7.07. The minimum Gasteiger partial charge on any atom is -0.486 e. The zero-order chi connectivity index (χ0) is 17.1. The molecule has 5 nitrogen and oxygen atoms in total.